The number of carbonyl (C=O) groups is 1. The summed E-state index contributed by atoms with van der Waals surface area (Å²) in [5.74, 6) is 0.316. The van der Waals surface area contributed by atoms with Crippen molar-refractivity contribution in [3.8, 4) is 5.75 Å². The zero-order valence-corrected chi connectivity index (χ0v) is 15.3. The summed E-state index contributed by atoms with van der Waals surface area (Å²) < 4.78 is 5.43. The zero-order valence-electron chi connectivity index (χ0n) is 15.3. The van der Waals surface area contributed by atoms with Crippen molar-refractivity contribution in [1.29, 1.82) is 5.41 Å². The summed E-state index contributed by atoms with van der Waals surface area (Å²) >= 11 is 0. The molecule has 0 aromatic heterocycles. The molecule has 4 rings (SSSR count). The lowest BCUT2D eigenvalue weighted by molar-refractivity contribution is -0.118. The van der Waals surface area contributed by atoms with Crippen LogP contribution < -0.4 is 15.4 Å². The number of carbonyl (C=O) groups excluding carboxylic acids is 1. The minimum absolute atomic E-state index is 0.0252. The van der Waals surface area contributed by atoms with E-state index < -0.39 is 0 Å². The van der Waals surface area contributed by atoms with E-state index in [0.717, 1.165) is 16.8 Å². The quantitative estimate of drug-likeness (QED) is 0.566. The molecule has 5 nitrogen and oxygen atoms in total. The Balaban J connectivity index is 1.61. The average Bonchev–Trinajstić information content (AvgIpc) is 2.74. The third-order valence-corrected chi connectivity index (χ3v) is 4.76. The molecule has 0 saturated carbocycles. The fourth-order valence-corrected chi connectivity index (χ4v) is 3.30. The van der Waals surface area contributed by atoms with Crippen molar-refractivity contribution in [3.63, 3.8) is 0 Å². The Morgan fingerprint density at radius 1 is 1.04 bits per heavy atom. The first-order valence-electron chi connectivity index (χ1n) is 9.20. The molecule has 1 aliphatic rings. The van der Waals surface area contributed by atoms with Crippen LogP contribution in [-0.2, 0) is 4.79 Å². The Hall–Kier alpha value is -3.60. The van der Waals surface area contributed by atoms with Crippen molar-refractivity contribution >= 4 is 23.0 Å². The Bertz CT molecular complexity index is 987. The number of rotatable bonds is 6. The summed E-state index contributed by atoms with van der Waals surface area (Å²) in [7, 11) is 0. The van der Waals surface area contributed by atoms with E-state index in [9.17, 15) is 4.79 Å². The smallest absolute Gasteiger partial charge is 0.262 e. The highest BCUT2D eigenvalue weighted by atomic mass is 16.5. The number of nitrogens with one attached hydrogen (secondary N) is 3. The van der Waals surface area contributed by atoms with Gasteiger partial charge in [-0.1, -0.05) is 48.5 Å². The standard InChI is InChI=1S/C23H21N3O2/c24-23(17-11-12-21-20(13-17)26-22(27)15-28-21)19(16-7-3-1-4-8-16)14-25-18-9-5-2-6-10-18/h1-13,19,24-25H,14-15H2,(H,26,27). The first-order valence-corrected chi connectivity index (χ1v) is 9.20. The average molecular weight is 371 g/mol. The summed E-state index contributed by atoms with van der Waals surface area (Å²) in [5.41, 5.74) is 3.93. The molecular formula is C23H21N3O2. The molecule has 0 bridgehead atoms. The number of hydrogen-bond acceptors (Lipinski definition) is 4. The highest BCUT2D eigenvalue weighted by Gasteiger charge is 2.22. The molecule has 3 N–H and O–H groups in total. The maximum Gasteiger partial charge on any atom is 0.262 e. The van der Waals surface area contributed by atoms with Gasteiger partial charge in [0.25, 0.3) is 5.91 Å². The van der Waals surface area contributed by atoms with Crippen LogP contribution in [0.4, 0.5) is 11.4 Å². The molecular weight excluding hydrogens is 350 g/mol. The van der Waals surface area contributed by atoms with Crippen molar-refractivity contribution in [2.75, 3.05) is 23.8 Å². The molecule has 3 aromatic rings. The normalized spacial score (nSPS) is 13.6. The van der Waals surface area contributed by atoms with Crippen LogP contribution in [0.1, 0.15) is 17.0 Å². The number of benzene rings is 3. The number of amides is 1. The fraction of sp³-hybridized carbons (Fsp3) is 0.130. The summed E-state index contributed by atoms with van der Waals surface area (Å²) in [6.45, 7) is 0.615. The fourth-order valence-electron chi connectivity index (χ4n) is 3.30. The molecule has 28 heavy (non-hydrogen) atoms. The second-order valence-electron chi connectivity index (χ2n) is 6.67. The first-order chi connectivity index (χ1) is 13.7. The lowest BCUT2D eigenvalue weighted by atomic mass is 9.89. The molecule has 0 aliphatic carbocycles. The van der Waals surface area contributed by atoms with Gasteiger partial charge in [-0.05, 0) is 41.5 Å². The number of fused-ring (bicyclic) bond motifs is 1. The predicted octanol–water partition coefficient (Wildman–Crippen LogP) is 4.28. The van der Waals surface area contributed by atoms with E-state index >= 15 is 0 Å². The van der Waals surface area contributed by atoms with Gasteiger partial charge in [0.15, 0.2) is 6.61 Å². The van der Waals surface area contributed by atoms with E-state index in [0.29, 0.717) is 23.7 Å². The van der Waals surface area contributed by atoms with Gasteiger partial charge in [-0.25, -0.2) is 0 Å². The maximum atomic E-state index is 11.6. The third-order valence-electron chi connectivity index (χ3n) is 4.76. The second-order valence-corrected chi connectivity index (χ2v) is 6.67. The van der Waals surface area contributed by atoms with Gasteiger partial charge in [0.1, 0.15) is 5.75 Å². The molecule has 5 heteroatoms. The largest absolute Gasteiger partial charge is 0.482 e. The molecule has 1 heterocycles. The topological polar surface area (TPSA) is 74.2 Å². The van der Waals surface area contributed by atoms with Crippen LogP contribution in [0.5, 0.6) is 5.75 Å². The van der Waals surface area contributed by atoms with Crippen LogP contribution >= 0.6 is 0 Å². The molecule has 0 fully saturated rings. The molecule has 140 valence electrons. The van der Waals surface area contributed by atoms with E-state index in [1.54, 1.807) is 0 Å². The molecule has 0 spiro atoms. The van der Waals surface area contributed by atoms with Gasteiger partial charge in [0.05, 0.1) is 5.69 Å². The van der Waals surface area contributed by atoms with Gasteiger partial charge in [0.2, 0.25) is 0 Å². The van der Waals surface area contributed by atoms with Crippen LogP contribution in [-0.4, -0.2) is 24.8 Å². The first kappa shape index (κ1) is 17.8. The minimum atomic E-state index is -0.179. The highest BCUT2D eigenvalue weighted by Crippen LogP contribution is 2.31. The van der Waals surface area contributed by atoms with E-state index in [-0.39, 0.29) is 18.4 Å². The summed E-state index contributed by atoms with van der Waals surface area (Å²) in [5, 5.41) is 15.1. The summed E-state index contributed by atoms with van der Waals surface area (Å²) in [6, 6.07) is 25.5. The van der Waals surface area contributed by atoms with E-state index in [4.69, 9.17) is 10.1 Å². The second kappa shape index (κ2) is 7.96. The third kappa shape index (κ3) is 3.88. The van der Waals surface area contributed by atoms with Crippen molar-refractivity contribution in [3.05, 3.63) is 90.0 Å². The number of ether oxygens (including phenoxy) is 1. The van der Waals surface area contributed by atoms with Crippen LogP contribution in [0, 0.1) is 5.41 Å². The van der Waals surface area contributed by atoms with Gasteiger partial charge in [-0.3, -0.25) is 4.79 Å². The van der Waals surface area contributed by atoms with Crippen LogP contribution in [0.15, 0.2) is 78.9 Å². The number of hydrogen-bond donors (Lipinski definition) is 3. The van der Waals surface area contributed by atoms with E-state index in [2.05, 4.69) is 10.6 Å². The molecule has 1 unspecified atom stereocenters. The SMILES string of the molecule is N=C(c1ccc2c(c1)NC(=O)CO2)C(CNc1ccccc1)c1ccccc1. The minimum Gasteiger partial charge on any atom is -0.482 e. The Labute approximate surface area is 163 Å². The van der Waals surface area contributed by atoms with Gasteiger partial charge < -0.3 is 20.8 Å². The van der Waals surface area contributed by atoms with Crippen LogP contribution in [0.3, 0.4) is 0 Å². The Kier molecular flexibility index (Phi) is 5.06. The van der Waals surface area contributed by atoms with Gasteiger partial charge >= 0.3 is 0 Å². The summed E-state index contributed by atoms with van der Waals surface area (Å²) in [6.07, 6.45) is 0. The van der Waals surface area contributed by atoms with Crippen molar-refractivity contribution < 1.29 is 9.53 Å². The van der Waals surface area contributed by atoms with Gasteiger partial charge in [-0.15, -0.1) is 0 Å². The Morgan fingerprint density at radius 3 is 2.50 bits per heavy atom. The zero-order chi connectivity index (χ0) is 19.3. The molecule has 0 radical (unpaired) electrons. The van der Waals surface area contributed by atoms with E-state index in [1.807, 2.05) is 78.9 Å². The molecule has 3 aromatic carbocycles. The molecule has 1 amide bonds. The van der Waals surface area contributed by atoms with Crippen molar-refractivity contribution in [2.45, 2.75) is 5.92 Å². The summed E-state index contributed by atoms with van der Waals surface area (Å²) in [4.78, 5) is 11.6. The monoisotopic (exact) mass is 371 g/mol. The maximum absolute atomic E-state index is 11.6. The van der Waals surface area contributed by atoms with Crippen molar-refractivity contribution in [1.82, 2.24) is 0 Å². The van der Waals surface area contributed by atoms with Crippen LogP contribution in [0.25, 0.3) is 0 Å². The van der Waals surface area contributed by atoms with Crippen molar-refractivity contribution in [2.24, 2.45) is 0 Å². The van der Waals surface area contributed by atoms with Gasteiger partial charge in [0, 0.05) is 23.9 Å². The van der Waals surface area contributed by atoms with Crippen LogP contribution in [0.2, 0.25) is 0 Å². The lowest BCUT2D eigenvalue weighted by Crippen LogP contribution is -2.26. The highest BCUT2D eigenvalue weighted by molar-refractivity contribution is 6.05. The molecule has 1 aliphatic heterocycles. The molecule has 1 atom stereocenters. The molecule has 0 saturated heterocycles. The predicted molar refractivity (Wildman–Crippen MR) is 112 cm³/mol. The van der Waals surface area contributed by atoms with E-state index in [1.165, 1.54) is 0 Å². The number of anilines is 2. The number of para-hydroxylation sites is 1. The Morgan fingerprint density at radius 2 is 1.75 bits per heavy atom. The lowest BCUT2D eigenvalue weighted by Gasteiger charge is -2.22. The van der Waals surface area contributed by atoms with Gasteiger partial charge in [-0.2, -0.15) is 0 Å².